The van der Waals surface area contributed by atoms with Crippen LogP contribution in [-0.2, 0) is 6.42 Å². The molecule has 1 unspecified atom stereocenters. The average Bonchev–Trinajstić information content (AvgIpc) is 2.78. The first-order valence-corrected chi connectivity index (χ1v) is 7.78. The minimum Gasteiger partial charge on any atom is -0.328 e. The Kier molecular flexibility index (Phi) is 4.92. The van der Waals surface area contributed by atoms with Gasteiger partial charge in [0.2, 0.25) is 0 Å². The molecule has 2 N–H and O–H groups in total. The molecular weight excluding hydrogens is 308 g/mol. The van der Waals surface area contributed by atoms with Crippen LogP contribution in [0.3, 0.4) is 0 Å². The summed E-state index contributed by atoms with van der Waals surface area (Å²) >= 11 is 5.18. The van der Waals surface area contributed by atoms with E-state index in [1.165, 1.54) is 10.6 Å². The first kappa shape index (κ1) is 13.7. The second-order valence-corrected chi connectivity index (χ2v) is 6.36. The molecule has 1 heterocycles. The number of thiazole rings is 1. The molecule has 2 nitrogen and oxygen atoms in total. The van der Waals surface area contributed by atoms with E-state index in [0.29, 0.717) is 0 Å². The predicted molar refractivity (Wildman–Crippen MR) is 81.8 cm³/mol. The maximum Gasteiger partial charge on any atom is 0.0932 e. The first-order chi connectivity index (χ1) is 8.65. The molecule has 1 aromatic carbocycles. The monoisotopic (exact) mass is 324 g/mol. The molecule has 0 saturated carbocycles. The molecule has 1 atom stereocenters. The lowest BCUT2D eigenvalue weighted by molar-refractivity contribution is 0.623. The number of rotatable bonds is 5. The van der Waals surface area contributed by atoms with E-state index < -0.39 is 0 Å². The van der Waals surface area contributed by atoms with Crippen LogP contribution in [-0.4, -0.2) is 11.0 Å². The summed E-state index contributed by atoms with van der Waals surface area (Å²) in [6.45, 7) is 2.05. The fraction of sp³-hybridized carbons (Fsp3) is 0.357. The number of benzene rings is 1. The van der Waals surface area contributed by atoms with Crippen molar-refractivity contribution in [1.82, 2.24) is 4.98 Å². The largest absolute Gasteiger partial charge is 0.328 e. The summed E-state index contributed by atoms with van der Waals surface area (Å²) in [6, 6.07) is 8.56. The third kappa shape index (κ3) is 3.90. The molecule has 0 fully saturated rings. The number of nitrogens with zero attached hydrogens (tertiary/aromatic N) is 1. The zero-order chi connectivity index (χ0) is 13.0. The zero-order valence-electron chi connectivity index (χ0n) is 10.4. The fourth-order valence-electron chi connectivity index (χ4n) is 1.75. The van der Waals surface area contributed by atoms with Crippen molar-refractivity contribution in [2.24, 2.45) is 5.73 Å². The highest BCUT2D eigenvalue weighted by molar-refractivity contribution is 9.10. The summed E-state index contributed by atoms with van der Waals surface area (Å²) in [7, 11) is 0. The van der Waals surface area contributed by atoms with Crippen molar-refractivity contribution >= 4 is 27.3 Å². The summed E-state index contributed by atoms with van der Waals surface area (Å²) in [4.78, 5) is 4.67. The number of aromatic nitrogens is 1. The quantitative estimate of drug-likeness (QED) is 0.893. The Labute approximate surface area is 120 Å². The maximum atomic E-state index is 5.75. The van der Waals surface area contributed by atoms with E-state index in [1.54, 1.807) is 11.3 Å². The van der Waals surface area contributed by atoms with Crippen LogP contribution in [0.2, 0.25) is 0 Å². The lowest BCUT2D eigenvalue weighted by Gasteiger charge is -2.02. The van der Waals surface area contributed by atoms with E-state index in [0.717, 1.165) is 29.4 Å². The van der Waals surface area contributed by atoms with Gasteiger partial charge in [-0.1, -0.05) is 28.1 Å². The van der Waals surface area contributed by atoms with Crippen LogP contribution < -0.4 is 5.73 Å². The summed E-state index contributed by atoms with van der Waals surface area (Å²) < 4.78 is 1.10. The van der Waals surface area contributed by atoms with Gasteiger partial charge in [-0.25, -0.2) is 4.98 Å². The number of nitrogens with two attached hydrogens (primary N) is 1. The Balaban J connectivity index is 1.99. The van der Waals surface area contributed by atoms with Crippen molar-refractivity contribution in [2.75, 3.05) is 0 Å². The Morgan fingerprint density at radius 2 is 2.06 bits per heavy atom. The Morgan fingerprint density at radius 3 is 2.72 bits per heavy atom. The van der Waals surface area contributed by atoms with Crippen LogP contribution in [0.25, 0.3) is 11.3 Å². The van der Waals surface area contributed by atoms with Gasteiger partial charge in [-0.05, 0) is 38.3 Å². The summed E-state index contributed by atoms with van der Waals surface area (Å²) in [5.74, 6) is 0. The van der Waals surface area contributed by atoms with Crippen LogP contribution >= 0.6 is 27.3 Å². The van der Waals surface area contributed by atoms with Gasteiger partial charge in [-0.2, -0.15) is 0 Å². The number of halogens is 1. The van der Waals surface area contributed by atoms with Crippen molar-refractivity contribution in [2.45, 2.75) is 32.2 Å². The van der Waals surface area contributed by atoms with Gasteiger partial charge in [0.25, 0.3) is 0 Å². The van der Waals surface area contributed by atoms with Crippen molar-refractivity contribution in [1.29, 1.82) is 0 Å². The van der Waals surface area contributed by atoms with Gasteiger partial charge in [0, 0.05) is 21.5 Å². The van der Waals surface area contributed by atoms with E-state index >= 15 is 0 Å². The third-order valence-corrected chi connectivity index (χ3v) is 4.18. The fourth-order valence-corrected chi connectivity index (χ4v) is 2.87. The van der Waals surface area contributed by atoms with Crippen molar-refractivity contribution in [3.63, 3.8) is 0 Å². The van der Waals surface area contributed by atoms with E-state index in [9.17, 15) is 0 Å². The highest BCUT2D eigenvalue weighted by Crippen LogP contribution is 2.24. The predicted octanol–water partition coefficient (Wildman–Crippen LogP) is 4.24. The Hall–Kier alpha value is -0.710. The first-order valence-electron chi connectivity index (χ1n) is 6.11. The molecule has 18 heavy (non-hydrogen) atoms. The van der Waals surface area contributed by atoms with Crippen LogP contribution in [0, 0.1) is 0 Å². The molecule has 0 aliphatic rings. The topological polar surface area (TPSA) is 38.9 Å². The lowest BCUT2D eigenvalue weighted by atomic mass is 10.1. The van der Waals surface area contributed by atoms with Crippen LogP contribution in [0.15, 0.2) is 34.1 Å². The molecule has 0 spiro atoms. The number of aryl methyl sites for hydroxylation is 1. The molecule has 0 saturated heterocycles. The minimum atomic E-state index is 0.288. The molecule has 2 aromatic rings. The minimum absolute atomic E-state index is 0.288. The van der Waals surface area contributed by atoms with Gasteiger partial charge in [0.15, 0.2) is 0 Å². The molecule has 0 aliphatic carbocycles. The van der Waals surface area contributed by atoms with Gasteiger partial charge in [-0.15, -0.1) is 11.3 Å². The van der Waals surface area contributed by atoms with Crippen molar-refractivity contribution in [3.05, 3.63) is 39.1 Å². The summed E-state index contributed by atoms with van der Waals surface area (Å²) in [6.07, 6.45) is 3.21. The molecule has 0 aliphatic heterocycles. The SMILES string of the molecule is CC(N)CCCc1nc(-c2ccc(Br)cc2)cs1. The second kappa shape index (κ2) is 6.45. The molecule has 2 rings (SSSR count). The Morgan fingerprint density at radius 1 is 1.33 bits per heavy atom. The third-order valence-electron chi connectivity index (χ3n) is 2.74. The van der Waals surface area contributed by atoms with Gasteiger partial charge < -0.3 is 5.73 Å². The number of hydrogen-bond donors (Lipinski definition) is 1. The van der Waals surface area contributed by atoms with Gasteiger partial charge in [0.1, 0.15) is 0 Å². The molecule has 96 valence electrons. The molecule has 1 aromatic heterocycles. The maximum absolute atomic E-state index is 5.75. The van der Waals surface area contributed by atoms with E-state index in [4.69, 9.17) is 5.73 Å². The molecule has 4 heteroatoms. The van der Waals surface area contributed by atoms with Crippen molar-refractivity contribution < 1.29 is 0 Å². The van der Waals surface area contributed by atoms with Crippen molar-refractivity contribution in [3.8, 4) is 11.3 Å². The van der Waals surface area contributed by atoms with Crippen LogP contribution in [0.1, 0.15) is 24.8 Å². The summed E-state index contributed by atoms with van der Waals surface area (Å²) in [5, 5.41) is 3.33. The van der Waals surface area contributed by atoms with E-state index in [2.05, 4.69) is 45.4 Å². The molecular formula is C14H17BrN2S. The lowest BCUT2D eigenvalue weighted by Crippen LogP contribution is -2.14. The van der Waals surface area contributed by atoms with E-state index in [1.807, 2.05) is 12.1 Å². The number of hydrogen-bond acceptors (Lipinski definition) is 3. The molecule has 0 amide bonds. The Bertz CT molecular complexity index is 491. The average molecular weight is 325 g/mol. The smallest absolute Gasteiger partial charge is 0.0932 e. The standard InChI is InChI=1S/C14H17BrN2S/c1-10(16)3-2-4-14-17-13(9-18-14)11-5-7-12(15)8-6-11/h5-10H,2-4,16H2,1H3. The normalized spacial score (nSPS) is 12.6. The van der Waals surface area contributed by atoms with Gasteiger partial charge >= 0.3 is 0 Å². The van der Waals surface area contributed by atoms with Crippen LogP contribution in [0.5, 0.6) is 0 Å². The highest BCUT2D eigenvalue weighted by Gasteiger charge is 2.05. The molecule has 0 radical (unpaired) electrons. The zero-order valence-corrected chi connectivity index (χ0v) is 12.8. The second-order valence-electron chi connectivity index (χ2n) is 4.50. The highest BCUT2D eigenvalue weighted by atomic mass is 79.9. The van der Waals surface area contributed by atoms with Gasteiger partial charge in [-0.3, -0.25) is 0 Å². The summed E-state index contributed by atoms with van der Waals surface area (Å²) in [5.41, 5.74) is 7.99. The van der Waals surface area contributed by atoms with E-state index in [-0.39, 0.29) is 6.04 Å². The van der Waals surface area contributed by atoms with Crippen LogP contribution in [0.4, 0.5) is 0 Å². The van der Waals surface area contributed by atoms with Gasteiger partial charge in [0.05, 0.1) is 10.7 Å². The molecule has 0 bridgehead atoms.